The highest BCUT2D eigenvalue weighted by atomic mass is 16.4. The van der Waals surface area contributed by atoms with E-state index in [1.165, 1.54) is 6.39 Å². The van der Waals surface area contributed by atoms with Gasteiger partial charge in [0.1, 0.15) is 0 Å². The summed E-state index contributed by atoms with van der Waals surface area (Å²) in [6, 6.07) is 5.66. The Kier molecular flexibility index (Phi) is 2.59. The van der Waals surface area contributed by atoms with Crippen LogP contribution in [0.2, 0.25) is 0 Å². The van der Waals surface area contributed by atoms with E-state index in [1.807, 2.05) is 25.1 Å². The lowest BCUT2D eigenvalue weighted by Gasteiger charge is -2.08. The molecule has 0 spiro atoms. The molecule has 1 fully saturated rings. The van der Waals surface area contributed by atoms with Gasteiger partial charge in [-0.15, -0.1) is 10.2 Å². The molecule has 0 radical (unpaired) electrons. The van der Waals surface area contributed by atoms with Crippen molar-refractivity contribution in [2.45, 2.75) is 19.8 Å². The van der Waals surface area contributed by atoms with Crippen molar-refractivity contribution in [3.8, 4) is 11.5 Å². The van der Waals surface area contributed by atoms with E-state index in [0.717, 1.165) is 29.7 Å². The number of hydrogen-bond donors (Lipinski definition) is 1. The van der Waals surface area contributed by atoms with Crippen molar-refractivity contribution in [3.05, 3.63) is 30.2 Å². The van der Waals surface area contributed by atoms with Gasteiger partial charge in [-0.2, -0.15) is 0 Å². The smallest absolute Gasteiger partial charge is 0.247 e. The first-order valence-corrected chi connectivity index (χ1v) is 5.92. The largest absolute Gasteiger partial charge is 0.423 e. The summed E-state index contributed by atoms with van der Waals surface area (Å²) in [5.74, 6) is 0.807. The Balaban J connectivity index is 1.82. The molecule has 5 heteroatoms. The van der Waals surface area contributed by atoms with Gasteiger partial charge in [0.25, 0.3) is 0 Å². The normalized spacial score (nSPS) is 14.5. The van der Waals surface area contributed by atoms with Crippen molar-refractivity contribution >= 4 is 11.6 Å². The fourth-order valence-corrected chi connectivity index (χ4v) is 1.82. The number of carbonyl (C=O) groups excluding carboxylic acids is 1. The predicted octanol–water partition coefficient (Wildman–Crippen LogP) is 2.39. The van der Waals surface area contributed by atoms with Crippen molar-refractivity contribution in [2.75, 3.05) is 5.32 Å². The van der Waals surface area contributed by atoms with E-state index in [0.29, 0.717) is 5.89 Å². The summed E-state index contributed by atoms with van der Waals surface area (Å²) in [7, 11) is 0. The minimum absolute atomic E-state index is 0.114. The van der Waals surface area contributed by atoms with Crippen LogP contribution in [0.15, 0.2) is 29.0 Å². The number of nitrogens with one attached hydrogen (secondary N) is 1. The summed E-state index contributed by atoms with van der Waals surface area (Å²) in [6.45, 7) is 1.95. The van der Waals surface area contributed by atoms with Crippen LogP contribution in [0, 0.1) is 12.8 Å². The number of rotatable bonds is 3. The van der Waals surface area contributed by atoms with Crippen LogP contribution < -0.4 is 5.32 Å². The first kappa shape index (κ1) is 11.0. The summed E-state index contributed by atoms with van der Waals surface area (Å²) in [5.41, 5.74) is 2.68. The van der Waals surface area contributed by atoms with Gasteiger partial charge < -0.3 is 9.73 Å². The predicted molar refractivity (Wildman–Crippen MR) is 65.8 cm³/mol. The van der Waals surface area contributed by atoms with E-state index < -0.39 is 0 Å². The third kappa shape index (κ3) is 2.11. The average molecular weight is 243 g/mol. The highest BCUT2D eigenvalue weighted by molar-refractivity contribution is 5.94. The number of hydrogen-bond acceptors (Lipinski definition) is 4. The van der Waals surface area contributed by atoms with Gasteiger partial charge in [-0.05, 0) is 43.5 Å². The van der Waals surface area contributed by atoms with Crippen LogP contribution in [0.1, 0.15) is 18.4 Å². The van der Waals surface area contributed by atoms with Gasteiger partial charge in [-0.1, -0.05) is 0 Å². The molecule has 1 heterocycles. The highest BCUT2D eigenvalue weighted by Crippen LogP contribution is 2.31. The van der Waals surface area contributed by atoms with E-state index in [9.17, 15) is 4.79 Å². The topological polar surface area (TPSA) is 68.0 Å². The Hall–Kier alpha value is -2.17. The quantitative estimate of drug-likeness (QED) is 0.898. The Labute approximate surface area is 104 Å². The number of benzene rings is 1. The van der Waals surface area contributed by atoms with Crippen molar-refractivity contribution in [1.29, 1.82) is 0 Å². The van der Waals surface area contributed by atoms with E-state index in [2.05, 4.69) is 15.5 Å². The molecule has 1 aromatic carbocycles. The molecule has 1 aliphatic carbocycles. The molecule has 1 amide bonds. The second-order valence-electron chi connectivity index (χ2n) is 4.54. The first-order valence-electron chi connectivity index (χ1n) is 5.92. The Morgan fingerprint density at radius 3 is 2.89 bits per heavy atom. The third-order valence-electron chi connectivity index (χ3n) is 3.04. The van der Waals surface area contributed by atoms with Gasteiger partial charge >= 0.3 is 0 Å². The number of carbonyl (C=O) groups is 1. The molecular weight excluding hydrogens is 230 g/mol. The van der Waals surface area contributed by atoms with E-state index >= 15 is 0 Å². The number of anilines is 1. The molecule has 92 valence electrons. The van der Waals surface area contributed by atoms with Gasteiger partial charge in [0.15, 0.2) is 0 Å². The summed E-state index contributed by atoms with van der Waals surface area (Å²) in [4.78, 5) is 11.7. The zero-order valence-corrected chi connectivity index (χ0v) is 10.0. The van der Waals surface area contributed by atoms with Gasteiger partial charge in [0, 0.05) is 17.2 Å². The molecular formula is C13H13N3O2. The lowest BCUT2D eigenvalue weighted by Crippen LogP contribution is -2.14. The number of nitrogens with zero attached hydrogens (tertiary/aromatic N) is 2. The lowest BCUT2D eigenvalue weighted by atomic mass is 10.1. The molecule has 0 bridgehead atoms. The molecule has 0 atom stereocenters. The van der Waals surface area contributed by atoms with Crippen LogP contribution >= 0.6 is 0 Å². The monoisotopic (exact) mass is 243 g/mol. The minimum Gasteiger partial charge on any atom is -0.423 e. The SMILES string of the molecule is Cc1cc(-c2nnco2)ccc1NC(=O)C1CC1. The van der Waals surface area contributed by atoms with E-state index in [-0.39, 0.29) is 11.8 Å². The Bertz CT molecular complexity index is 574. The van der Waals surface area contributed by atoms with Gasteiger partial charge in [-0.3, -0.25) is 4.79 Å². The highest BCUT2D eigenvalue weighted by Gasteiger charge is 2.29. The van der Waals surface area contributed by atoms with Gasteiger partial charge in [-0.25, -0.2) is 0 Å². The zero-order chi connectivity index (χ0) is 12.5. The number of amides is 1. The molecule has 2 aromatic rings. The molecule has 1 N–H and O–H groups in total. The maximum atomic E-state index is 11.7. The maximum Gasteiger partial charge on any atom is 0.247 e. The van der Waals surface area contributed by atoms with Crippen molar-refractivity contribution in [1.82, 2.24) is 10.2 Å². The zero-order valence-electron chi connectivity index (χ0n) is 10.0. The average Bonchev–Trinajstić information content (AvgIpc) is 3.07. The Morgan fingerprint density at radius 2 is 2.28 bits per heavy atom. The molecule has 0 saturated heterocycles. The standard InChI is InChI=1S/C13H13N3O2/c1-8-6-10(13-16-14-7-18-13)4-5-11(8)15-12(17)9-2-3-9/h4-7,9H,2-3H2,1H3,(H,15,17). The van der Waals surface area contributed by atoms with Crippen LogP contribution in [-0.4, -0.2) is 16.1 Å². The summed E-state index contributed by atoms with van der Waals surface area (Å²) >= 11 is 0. The summed E-state index contributed by atoms with van der Waals surface area (Å²) in [5, 5.41) is 10.4. The van der Waals surface area contributed by atoms with Crippen molar-refractivity contribution in [2.24, 2.45) is 5.92 Å². The summed E-state index contributed by atoms with van der Waals surface area (Å²) < 4.78 is 5.13. The molecule has 1 aliphatic rings. The third-order valence-corrected chi connectivity index (χ3v) is 3.04. The second-order valence-corrected chi connectivity index (χ2v) is 4.54. The Morgan fingerprint density at radius 1 is 1.44 bits per heavy atom. The van der Waals surface area contributed by atoms with Gasteiger partial charge in [0.05, 0.1) is 0 Å². The fourth-order valence-electron chi connectivity index (χ4n) is 1.82. The molecule has 0 aliphatic heterocycles. The maximum absolute atomic E-state index is 11.7. The van der Waals surface area contributed by atoms with Crippen LogP contribution in [0.25, 0.3) is 11.5 Å². The first-order chi connectivity index (χ1) is 8.74. The lowest BCUT2D eigenvalue weighted by molar-refractivity contribution is -0.117. The number of aromatic nitrogens is 2. The van der Waals surface area contributed by atoms with Crippen molar-refractivity contribution < 1.29 is 9.21 Å². The van der Waals surface area contributed by atoms with E-state index in [4.69, 9.17) is 4.42 Å². The van der Waals surface area contributed by atoms with Crippen LogP contribution in [-0.2, 0) is 4.79 Å². The van der Waals surface area contributed by atoms with Crippen molar-refractivity contribution in [3.63, 3.8) is 0 Å². The summed E-state index contributed by atoms with van der Waals surface area (Å²) in [6.07, 6.45) is 3.31. The van der Waals surface area contributed by atoms with Gasteiger partial charge in [0.2, 0.25) is 18.2 Å². The van der Waals surface area contributed by atoms with Crippen LogP contribution in [0.4, 0.5) is 5.69 Å². The molecule has 18 heavy (non-hydrogen) atoms. The van der Waals surface area contributed by atoms with Crippen LogP contribution in [0.5, 0.6) is 0 Å². The molecule has 1 aromatic heterocycles. The number of aryl methyl sites for hydroxylation is 1. The second kappa shape index (κ2) is 4.25. The van der Waals surface area contributed by atoms with Crippen LogP contribution in [0.3, 0.4) is 0 Å². The molecule has 3 rings (SSSR count). The fraction of sp³-hybridized carbons (Fsp3) is 0.308. The molecule has 0 unspecified atom stereocenters. The van der Waals surface area contributed by atoms with E-state index in [1.54, 1.807) is 0 Å². The minimum atomic E-state index is 0.114. The molecule has 1 saturated carbocycles. The molecule has 5 nitrogen and oxygen atoms in total.